The van der Waals surface area contributed by atoms with Crippen molar-refractivity contribution in [3.8, 4) is 5.75 Å². The number of allylic oxidation sites excluding steroid dienone is 2. The molecule has 18 heavy (non-hydrogen) atoms. The number of nitrogens with two attached hydrogens (primary N) is 1. The number of nitrogens with one attached hydrogen (secondary N) is 1. The molecule has 0 spiro atoms. The summed E-state index contributed by atoms with van der Waals surface area (Å²) < 4.78 is 5.56. The van der Waals surface area contributed by atoms with Crippen LogP contribution in [0.1, 0.15) is 6.92 Å². The van der Waals surface area contributed by atoms with E-state index in [0.717, 1.165) is 0 Å². The zero-order chi connectivity index (χ0) is 13.1. The number of hydrogen-bond acceptors (Lipinski definition) is 4. The number of nitrogens with zero attached hydrogens (tertiary/aromatic N) is 1. The quantitative estimate of drug-likeness (QED) is 0.816. The Morgan fingerprint density at radius 3 is 2.83 bits per heavy atom. The zero-order valence-corrected chi connectivity index (χ0v) is 10.5. The second kappa shape index (κ2) is 5.06. The summed E-state index contributed by atoms with van der Waals surface area (Å²) in [5.74, 6) is 0.974. The van der Waals surface area contributed by atoms with Crippen LogP contribution in [0, 0.1) is 5.41 Å². The largest absolute Gasteiger partial charge is 0.439 e. The van der Waals surface area contributed by atoms with Crippen molar-refractivity contribution in [2.75, 3.05) is 0 Å². The first-order chi connectivity index (χ1) is 8.56. The van der Waals surface area contributed by atoms with E-state index in [1.54, 1.807) is 43.3 Å². The molecule has 1 aliphatic rings. The Morgan fingerprint density at radius 2 is 2.17 bits per heavy atom. The van der Waals surface area contributed by atoms with Gasteiger partial charge in [-0.2, -0.15) is 0 Å². The number of halogens is 1. The Labute approximate surface area is 110 Å². The van der Waals surface area contributed by atoms with Gasteiger partial charge in [0, 0.05) is 16.8 Å². The van der Waals surface area contributed by atoms with E-state index in [1.807, 2.05) is 0 Å². The van der Waals surface area contributed by atoms with Crippen molar-refractivity contribution < 1.29 is 4.74 Å². The van der Waals surface area contributed by atoms with Gasteiger partial charge >= 0.3 is 0 Å². The molecule has 0 unspecified atom stereocenters. The van der Waals surface area contributed by atoms with Crippen molar-refractivity contribution in [3.63, 3.8) is 0 Å². The highest BCUT2D eigenvalue weighted by atomic mass is 35.5. The fourth-order valence-corrected chi connectivity index (χ4v) is 1.63. The Bertz CT molecular complexity index is 584. The summed E-state index contributed by atoms with van der Waals surface area (Å²) in [5, 5.41) is 8.26. The standard InChI is InChI=1S/C13H12ClN3O/c1-8(15)13-11(16)5-6-12(17-13)18-10-4-2-3-9(14)7-10/h2-7,16H,15H2,1H3/b13-8-,16-11?. The number of hydrogen-bond donors (Lipinski definition) is 2. The van der Waals surface area contributed by atoms with E-state index < -0.39 is 0 Å². The average Bonchev–Trinajstić information content (AvgIpc) is 2.31. The van der Waals surface area contributed by atoms with E-state index in [-0.39, 0.29) is 5.71 Å². The summed E-state index contributed by atoms with van der Waals surface area (Å²) in [4.78, 5) is 4.18. The molecule has 0 radical (unpaired) electrons. The molecule has 3 N–H and O–H groups in total. The fraction of sp³-hybridized carbons (Fsp3) is 0.0769. The lowest BCUT2D eigenvalue weighted by Gasteiger charge is -2.12. The van der Waals surface area contributed by atoms with Gasteiger partial charge in [0.05, 0.1) is 5.71 Å². The van der Waals surface area contributed by atoms with E-state index in [9.17, 15) is 0 Å². The molecule has 1 aromatic rings. The molecular formula is C13H12ClN3O. The first kappa shape index (κ1) is 12.4. The Balaban J connectivity index is 2.26. The number of dihydropyridines is 1. The van der Waals surface area contributed by atoms with Crippen molar-refractivity contribution in [3.05, 3.63) is 52.8 Å². The van der Waals surface area contributed by atoms with Crippen molar-refractivity contribution in [1.82, 2.24) is 0 Å². The molecule has 5 heteroatoms. The van der Waals surface area contributed by atoms with E-state index >= 15 is 0 Å². The molecule has 4 nitrogen and oxygen atoms in total. The molecule has 0 aliphatic carbocycles. The molecule has 1 aliphatic heterocycles. The molecule has 0 aromatic heterocycles. The molecular weight excluding hydrogens is 250 g/mol. The second-order valence-electron chi connectivity index (χ2n) is 3.79. The Hall–Kier alpha value is -2.07. The predicted molar refractivity (Wildman–Crippen MR) is 73.3 cm³/mol. The van der Waals surface area contributed by atoms with Gasteiger partial charge in [-0.1, -0.05) is 17.7 Å². The smallest absolute Gasteiger partial charge is 0.219 e. The molecule has 0 fully saturated rings. The maximum atomic E-state index is 7.67. The van der Waals surface area contributed by atoms with Crippen molar-refractivity contribution in [1.29, 1.82) is 5.41 Å². The number of ether oxygens (including phenoxy) is 1. The highest BCUT2D eigenvalue weighted by Gasteiger charge is 2.12. The van der Waals surface area contributed by atoms with Gasteiger partial charge in [0.2, 0.25) is 5.90 Å². The second-order valence-corrected chi connectivity index (χ2v) is 4.22. The summed E-state index contributed by atoms with van der Waals surface area (Å²) in [6.45, 7) is 1.70. The van der Waals surface area contributed by atoms with Gasteiger partial charge in [-0.3, -0.25) is 5.41 Å². The molecule has 92 valence electrons. The molecule has 0 atom stereocenters. The maximum absolute atomic E-state index is 7.67. The summed E-state index contributed by atoms with van der Waals surface area (Å²) in [5.41, 5.74) is 6.84. The molecule has 0 saturated heterocycles. The summed E-state index contributed by atoms with van der Waals surface area (Å²) in [6, 6.07) is 7.02. The van der Waals surface area contributed by atoms with E-state index in [0.29, 0.717) is 28.1 Å². The minimum atomic E-state index is 0.272. The monoisotopic (exact) mass is 261 g/mol. The maximum Gasteiger partial charge on any atom is 0.219 e. The van der Waals surface area contributed by atoms with Gasteiger partial charge in [-0.25, -0.2) is 4.99 Å². The van der Waals surface area contributed by atoms with Crippen LogP contribution in [0.25, 0.3) is 0 Å². The van der Waals surface area contributed by atoms with Crippen LogP contribution in [-0.4, -0.2) is 11.6 Å². The number of aliphatic imine (C=N–C) groups is 1. The SMILES string of the molecule is C/C(N)=C1/N=C(Oc2cccc(Cl)c2)C=CC1=N. The molecule has 1 heterocycles. The number of rotatable bonds is 1. The normalized spacial score (nSPS) is 17.4. The predicted octanol–water partition coefficient (Wildman–Crippen LogP) is 2.90. The van der Waals surface area contributed by atoms with Gasteiger partial charge in [-0.15, -0.1) is 0 Å². The first-order valence-corrected chi connectivity index (χ1v) is 5.69. The van der Waals surface area contributed by atoms with Gasteiger partial charge in [0.15, 0.2) is 0 Å². The average molecular weight is 262 g/mol. The van der Waals surface area contributed by atoms with Crippen LogP contribution in [0.2, 0.25) is 5.02 Å². The van der Waals surface area contributed by atoms with E-state index in [1.165, 1.54) is 0 Å². The molecule has 2 rings (SSSR count). The van der Waals surface area contributed by atoms with Gasteiger partial charge < -0.3 is 10.5 Å². The molecule has 1 aromatic carbocycles. The Kier molecular flexibility index (Phi) is 3.48. The van der Waals surface area contributed by atoms with Gasteiger partial charge in [0.25, 0.3) is 0 Å². The minimum Gasteiger partial charge on any atom is -0.439 e. The van der Waals surface area contributed by atoms with Crippen LogP contribution >= 0.6 is 11.6 Å². The molecule has 0 amide bonds. The highest BCUT2D eigenvalue weighted by Crippen LogP contribution is 2.19. The van der Waals surface area contributed by atoms with Crippen LogP contribution in [0.5, 0.6) is 5.75 Å². The third-order valence-electron chi connectivity index (χ3n) is 2.26. The molecule has 0 bridgehead atoms. The Morgan fingerprint density at radius 1 is 1.39 bits per heavy atom. The summed E-state index contributed by atoms with van der Waals surface area (Å²) in [6.07, 6.45) is 3.22. The van der Waals surface area contributed by atoms with Crippen LogP contribution < -0.4 is 10.5 Å². The van der Waals surface area contributed by atoms with Crippen LogP contribution in [0.4, 0.5) is 0 Å². The van der Waals surface area contributed by atoms with Crippen LogP contribution in [0.15, 0.2) is 52.8 Å². The van der Waals surface area contributed by atoms with Gasteiger partial charge in [-0.05, 0) is 31.2 Å². The van der Waals surface area contributed by atoms with E-state index in [2.05, 4.69) is 4.99 Å². The highest BCUT2D eigenvalue weighted by molar-refractivity contribution is 6.30. The lowest BCUT2D eigenvalue weighted by Crippen LogP contribution is -2.15. The fourth-order valence-electron chi connectivity index (χ4n) is 1.45. The minimum absolute atomic E-state index is 0.272. The van der Waals surface area contributed by atoms with E-state index in [4.69, 9.17) is 27.5 Å². The molecule has 0 saturated carbocycles. The summed E-state index contributed by atoms with van der Waals surface area (Å²) >= 11 is 5.86. The van der Waals surface area contributed by atoms with Gasteiger partial charge in [0.1, 0.15) is 11.4 Å². The third kappa shape index (κ3) is 2.78. The van der Waals surface area contributed by atoms with Crippen molar-refractivity contribution >= 4 is 23.2 Å². The summed E-state index contributed by atoms with van der Waals surface area (Å²) in [7, 11) is 0. The third-order valence-corrected chi connectivity index (χ3v) is 2.50. The van der Waals surface area contributed by atoms with Crippen molar-refractivity contribution in [2.45, 2.75) is 6.92 Å². The zero-order valence-electron chi connectivity index (χ0n) is 9.77. The van der Waals surface area contributed by atoms with Crippen molar-refractivity contribution in [2.24, 2.45) is 10.7 Å². The lowest BCUT2D eigenvalue weighted by molar-refractivity contribution is 0.554. The first-order valence-electron chi connectivity index (χ1n) is 5.32. The lowest BCUT2D eigenvalue weighted by atomic mass is 10.2. The number of benzene rings is 1. The van der Waals surface area contributed by atoms with Crippen LogP contribution in [-0.2, 0) is 0 Å². The topological polar surface area (TPSA) is 71.5 Å². The van der Waals surface area contributed by atoms with Crippen LogP contribution in [0.3, 0.4) is 0 Å².